The minimum Gasteiger partial charge on any atom is -0.358 e. The topological polar surface area (TPSA) is 90.1 Å². The number of anilines is 1. The lowest BCUT2D eigenvalue weighted by molar-refractivity contribution is -0.392. The van der Waals surface area contributed by atoms with E-state index < -0.39 is 4.92 Å². The Morgan fingerprint density at radius 2 is 1.90 bits per heavy atom. The van der Waals surface area contributed by atoms with Gasteiger partial charge in [-0.3, -0.25) is 4.79 Å². The molecule has 21 heavy (non-hydrogen) atoms. The fourth-order valence-corrected chi connectivity index (χ4v) is 2.19. The fourth-order valence-electron chi connectivity index (χ4n) is 2.19. The number of aryl methyl sites for hydroxylation is 3. The van der Waals surface area contributed by atoms with Gasteiger partial charge in [-0.15, -0.1) is 0 Å². The summed E-state index contributed by atoms with van der Waals surface area (Å²) < 4.78 is 1.28. The van der Waals surface area contributed by atoms with E-state index >= 15 is 0 Å². The fraction of sp³-hybridized carbons (Fsp3) is 0.286. The Balaban J connectivity index is 2.15. The van der Waals surface area contributed by atoms with Gasteiger partial charge in [0, 0.05) is 12.6 Å². The second kappa shape index (κ2) is 5.74. The van der Waals surface area contributed by atoms with Gasteiger partial charge in [0.2, 0.25) is 0 Å². The summed E-state index contributed by atoms with van der Waals surface area (Å²) in [4.78, 5) is 26.2. The van der Waals surface area contributed by atoms with Crippen molar-refractivity contribution < 1.29 is 9.72 Å². The summed E-state index contributed by atoms with van der Waals surface area (Å²) in [6.45, 7) is 5.35. The molecule has 1 amide bonds. The molecule has 0 spiro atoms. The number of aromatic nitrogens is 2. The highest BCUT2D eigenvalue weighted by atomic mass is 16.6. The third-order valence-electron chi connectivity index (χ3n) is 3.03. The lowest BCUT2D eigenvalue weighted by Gasteiger charge is -2.07. The molecule has 0 bridgehead atoms. The van der Waals surface area contributed by atoms with Crippen LogP contribution in [0.25, 0.3) is 0 Å². The van der Waals surface area contributed by atoms with Crippen LogP contribution in [-0.4, -0.2) is 20.4 Å². The molecule has 7 heteroatoms. The molecule has 1 aromatic carbocycles. The lowest BCUT2D eigenvalue weighted by Crippen LogP contribution is -2.20. The average Bonchev–Trinajstić information content (AvgIpc) is 2.69. The number of imidazole rings is 1. The monoisotopic (exact) mass is 288 g/mol. The van der Waals surface area contributed by atoms with Gasteiger partial charge in [0.15, 0.2) is 12.4 Å². The van der Waals surface area contributed by atoms with E-state index in [1.165, 1.54) is 4.57 Å². The van der Waals surface area contributed by atoms with Crippen LogP contribution in [0.4, 0.5) is 11.5 Å². The first-order chi connectivity index (χ1) is 9.86. The maximum Gasteiger partial charge on any atom is 0.343 e. The largest absolute Gasteiger partial charge is 0.358 e. The molecule has 0 aliphatic carbocycles. The van der Waals surface area contributed by atoms with Crippen LogP contribution in [-0.2, 0) is 11.3 Å². The first-order valence-corrected chi connectivity index (χ1v) is 6.41. The number of hydrogen-bond donors (Lipinski definition) is 1. The normalized spacial score (nSPS) is 10.4. The molecule has 0 saturated heterocycles. The Morgan fingerprint density at radius 1 is 1.29 bits per heavy atom. The van der Waals surface area contributed by atoms with E-state index in [0.717, 1.165) is 17.3 Å². The van der Waals surface area contributed by atoms with Gasteiger partial charge in [0.25, 0.3) is 5.91 Å². The van der Waals surface area contributed by atoms with E-state index in [1.807, 2.05) is 32.0 Å². The van der Waals surface area contributed by atoms with Crippen molar-refractivity contribution in [2.45, 2.75) is 27.3 Å². The molecule has 2 aromatic rings. The van der Waals surface area contributed by atoms with Crippen LogP contribution in [0, 0.1) is 30.9 Å². The Hall–Kier alpha value is -2.70. The first-order valence-electron chi connectivity index (χ1n) is 6.41. The van der Waals surface area contributed by atoms with Crippen molar-refractivity contribution in [2.24, 2.45) is 0 Å². The van der Waals surface area contributed by atoms with Crippen LogP contribution in [0.5, 0.6) is 0 Å². The van der Waals surface area contributed by atoms with E-state index in [4.69, 9.17) is 0 Å². The third-order valence-corrected chi connectivity index (χ3v) is 3.03. The Morgan fingerprint density at radius 3 is 2.48 bits per heavy atom. The quantitative estimate of drug-likeness (QED) is 0.690. The zero-order valence-electron chi connectivity index (χ0n) is 12.1. The van der Waals surface area contributed by atoms with Gasteiger partial charge < -0.3 is 15.4 Å². The van der Waals surface area contributed by atoms with Crippen LogP contribution in [0.1, 0.15) is 17.0 Å². The summed E-state index contributed by atoms with van der Waals surface area (Å²) in [5.74, 6) is -0.0930. The molecule has 0 fully saturated rings. The van der Waals surface area contributed by atoms with Gasteiger partial charge in [0.05, 0.1) is 0 Å². The number of nitrogens with zero attached hydrogens (tertiary/aromatic N) is 3. The summed E-state index contributed by atoms with van der Waals surface area (Å²) in [6, 6.07) is 5.70. The lowest BCUT2D eigenvalue weighted by atomic mass is 10.1. The second-order valence-corrected chi connectivity index (χ2v) is 4.93. The number of rotatable bonds is 4. The van der Waals surface area contributed by atoms with E-state index in [9.17, 15) is 14.9 Å². The van der Waals surface area contributed by atoms with Gasteiger partial charge in [-0.25, -0.2) is 9.55 Å². The van der Waals surface area contributed by atoms with Crippen molar-refractivity contribution in [3.05, 3.63) is 51.5 Å². The van der Waals surface area contributed by atoms with Crippen molar-refractivity contribution in [3.8, 4) is 0 Å². The minimum atomic E-state index is -0.551. The third kappa shape index (κ3) is 3.44. The molecular weight excluding hydrogens is 272 g/mol. The number of carbonyl (C=O) groups excluding carboxylic acids is 1. The number of benzene rings is 1. The summed E-state index contributed by atoms with van der Waals surface area (Å²) >= 11 is 0. The van der Waals surface area contributed by atoms with E-state index in [1.54, 1.807) is 6.92 Å². The minimum absolute atomic E-state index is 0.144. The van der Waals surface area contributed by atoms with Gasteiger partial charge in [0.1, 0.15) is 6.20 Å². The first kappa shape index (κ1) is 14.7. The highest BCUT2D eigenvalue weighted by Crippen LogP contribution is 2.16. The highest BCUT2D eigenvalue weighted by Gasteiger charge is 2.20. The molecule has 0 saturated carbocycles. The van der Waals surface area contributed by atoms with Gasteiger partial charge in [-0.05, 0) is 42.0 Å². The molecule has 7 nitrogen and oxygen atoms in total. The molecule has 0 aliphatic heterocycles. The van der Waals surface area contributed by atoms with Crippen molar-refractivity contribution in [2.75, 3.05) is 5.32 Å². The van der Waals surface area contributed by atoms with Crippen molar-refractivity contribution in [3.63, 3.8) is 0 Å². The maximum atomic E-state index is 12.0. The van der Waals surface area contributed by atoms with E-state index in [-0.39, 0.29) is 18.3 Å². The molecule has 1 N–H and O–H groups in total. The smallest absolute Gasteiger partial charge is 0.343 e. The summed E-state index contributed by atoms with van der Waals surface area (Å²) in [5, 5.41) is 13.6. The number of carbonyl (C=O) groups is 1. The summed E-state index contributed by atoms with van der Waals surface area (Å²) in [7, 11) is 0. The molecular formula is C14H16N4O3. The maximum absolute atomic E-state index is 12.0. The Labute approximate surface area is 121 Å². The van der Waals surface area contributed by atoms with Gasteiger partial charge in [-0.1, -0.05) is 6.07 Å². The SMILES string of the molecule is Cc1cc(C)cc(NC(=O)Cn2c([N+](=O)[O-])cnc2C)c1. The van der Waals surface area contributed by atoms with Crippen LogP contribution in [0.15, 0.2) is 24.4 Å². The Kier molecular flexibility index (Phi) is 4.02. The number of nitrogens with one attached hydrogen (secondary N) is 1. The van der Waals surface area contributed by atoms with Crippen LogP contribution >= 0.6 is 0 Å². The van der Waals surface area contributed by atoms with E-state index in [0.29, 0.717) is 11.5 Å². The van der Waals surface area contributed by atoms with Gasteiger partial charge in [-0.2, -0.15) is 0 Å². The number of amides is 1. The average molecular weight is 288 g/mol. The van der Waals surface area contributed by atoms with Gasteiger partial charge >= 0.3 is 5.82 Å². The summed E-state index contributed by atoms with van der Waals surface area (Å²) in [5.41, 5.74) is 2.75. The zero-order valence-corrected chi connectivity index (χ0v) is 12.1. The predicted molar refractivity (Wildman–Crippen MR) is 78.2 cm³/mol. The number of hydrogen-bond acceptors (Lipinski definition) is 4. The Bertz CT molecular complexity index is 686. The number of nitro groups is 1. The summed E-state index contributed by atoms with van der Waals surface area (Å²) in [6.07, 6.45) is 1.15. The van der Waals surface area contributed by atoms with E-state index in [2.05, 4.69) is 10.3 Å². The standard InChI is InChI=1S/C14H16N4O3/c1-9-4-10(2)6-12(5-9)16-13(19)8-17-11(3)15-7-14(17)18(20)21/h4-7H,8H2,1-3H3,(H,16,19). The van der Waals surface area contributed by atoms with Crippen molar-refractivity contribution in [1.82, 2.24) is 9.55 Å². The highest BCUT2D eigenvalue weighted by molar-refractivity contribution is 5.90. The molecule has 0 unspecified atom stereocenters. The molecule has 0 radical (unpaired) electrons. The molecule has 2 rings (SSSR count). The molecule has 0 aliphatic rings. The van der Waals surface area contributed by atoms with Crippen molar-refractivity contribution >= 4 is 17.4 Å². The second-order valence-electron chi connectivity index (χ2n) is 4.93. The van der Waals surface area contributed by atoms with Crippen LogP contribution in [0.2, 0.25) is 0 Å². The zero-order chi connectivity index (χ0) is 15.6. The molecule has 1 aromatic heterocycles. The predicted octanol–water partition coefficient (Wildman–Crippen LogP) is 2.36. The molecule has 0 atom stereocenters. The molecule has 110 valence electrons. The van der Waals surface area contributed by atoms with Crippen molar-refractivity contribution in [1.29, 1.82) is 0 Å². The molecule has 1 heterocycles. The van der Waals surface area contributed by atoms with Crippen LogP contribution in [0.3, 0.4) is 0 Å². The van der Waals surface area contributed by atoms with Crippen LogP contribution < -0.4 is 5.32 Å².